The average Bonchev–Trinajstić information content (AvgIpc) is 3.31. The van der Waals surface area contributed by atoms with Crippen molar-refractivity contribution in [2.75, 3.05) is 39.6 Å². The Balaban J connectivity index is 1.24. The van der Waals surface area contributed by atoms with Crippen LogP contribution in [0, 0.1) is 0 Å². The summed E-state index contributed by atoms with van der Waals surface area (Å²) < 4.78 is 61.5. The second-order valence-electron chi connectivity index (χ2n) is 16.9. The largest absolute Gasteiger partial charge is 0.394 e. The average molecular weight is 990 g/mol. The number of aliphatic hydroxyl groups excluding tert-OH is 19. The van der Waals surface area contributed by atoms with Crippen molar-refractivity contribution in [2.24, 2.45) is 5.73 Å². The van der Waals surface area contributed by atoms with Crippen molar-refractivity contribution in [1.82, 2.24) is 0 Å². The quantitative estimate of drug-likeness (QED) is 0.0683. The van der Waals surface area contributed by atoms with Crippen molar-refractivity contribution >= 4 is 0 Å². The van der Waals surface area contributed by atoms with Gasteiger partial charge in [0, 0.05) is 0 Å². The van der Waals surface area contributed by atoms with E-state index in [1.165, 1.54) is 0 Å². The molecular weight excluding hydrogens is 926 g/mol. The molecular formula is C36H63NO30. The van der Waals surface area contributed by atoms with Crippen molar-refractivity contribution in [3.63, 3.8) is 0 Å². The fourth-order valence-electron chi connectivity index (χ4n) is 8.31. The normalized spacial score (nSPS) is 53.4. The fourth-order valence-corrected chi connectivity index (χ4v) is 8.31. The van der Waals surface area contributed by atoms with E-state index in [1.54, 1.807) is 0 Å². The maximum absolute atomic E-state index is 11.7. The molecule has 21 N–H and O–H groups in total. The van der Waals surface area contributed by atoms with Crippen molar-refractivity contribution in [3.05, 3.63) is 0 Å². The van der Waals surface area contributed by atoms with Crippen molar-refractivity contribution in [2.45, 2.75) is 184 Å². The number of ether oxygens (including phenoxy) is 11. The van der Waals surface area contributed by atoms with Gasteiger partial charge in [-0.1, -0.05) is 0 Å². The molecule has 67 heavy (non-hydrogen) atoms. The summed E-state index contributed by atoms with van der Waals surface area (Å²) in [6, 6.07) is -1.56. The lowest BCUT2D eigenvalue weighted by Gasteiger charge is -2.49. The van der Waals surface area contributed by atoms with Crippen LogP contribution in [0.3, 0.4) is 0 Å². The minimum Gasteiger partial charge on any atom is -0.394 e. The Hall–Kier alpha value is -1.24. The molecule has 0 aromatic heterocycles. The number of nitrogens with two attached hydrogens (primary N) is 1. The molecule has 1 unspecified atom stereocenters. The zero-order valence-corrected chi connectivity index (χ0v) is 35.1. The van der Waals surface area contributed by atoms with Crippen LogP contribution in [0.1, 0.15) is 0 Å². The summed E-state index contributed by atoms with van der Waals surface area (Å²) in [5.41, 5.74) is 5.85. The van der Waals surface area contributed by atoms with Gasteiger partial charge in [-0.05, 0) is 0 Å². The van der Waals surface area contributed by atoms with Crippen LogP contribution in [0.4, 0.5) is 0 Å². The molecule has 30 atom stereocenters. The predicted molar refractivity (Wildman–Crippen MR) is 201 cm³/mol. The summed E-state index contributed by atoms with van der Waals surface area (Å²) in [6.45, 7) is -5.29. The van der Waals surface area contributed by atoms with E-state index in [4.69, 9.17) is 57.8 Å². The first kappa shape index (κ1) is 55.1. The lowest BCUT2D eigenvalue weighted by Crippen LogP contribution is -2.68. The van der Waals surface area contributed by atoms with Crippen LogP contribution in [0.15, 0.2) is 0 Å². The zero-order valence-electron chi connectivity index (χ0n) is 35.1. The SMILES string of the molecule is N[C@H]1C(O)O[C@H](CO)[C@@H](O[C@H]2O[C@H](CO[C@H]3O[C@H](CO)[C@@H](O)[C@H](O)[C@@H]3O[C@H]3O[C@H](CO)[C@@H](O)[C@H](O)[C@@H]3O)[C@@H](O)[C@H](O[C@H]3O[C@H](CO[C@H]4O[C@H](CO)[C@H](O)[C@H](O)[C@H]4O)[C@H](O)[C@H](O)[C@H]3O)[C@@H]2O)[C@@H]1O. The van der Waals surface area contributed by atoms with Crippen LogP contribution in [0.2, 0.25) is 0 Å². The summed E-state index contributed by atoms with van der Waals surface area (Å²) >= 11 is 0. The highest BCUT2D eigenvalue weighted by Crippen LogP contribution is 2.35. The van der Waals surface area contributed by atoms with Crippen molar-refractivity contribution < 1.29 is 149 Å². The van der Waals surface area contributed by atoms with E-state index in [0.717, 1.165) is 0 Å². The molecule has 6 fully saturated rings. The summed E-state index contributed by atoms with van der Waals surface area (Å²) in [7, 11) is 0. The third-order valence-electron chi connectivity index (χ3n) is 12.5. The molecule has 31 heteroatoms. The van der Waals surface area contributed by atoms with Crippen LogP contribution in [-0.4, -0.2) is 321 Å². The van der Waals surface area contributed by atoms with Gasteiger partial charge >= 0.3 is 0 Å². The standard InChI is InChI=1S/C36H63NO30/c37-13-19(47)28(10(4-41)59-31(13)56)65-35-27(55)29(66-34-26(54)22(50)17(45)11(63-34)5-57-32-24(52)20(48)14(42)7(1-38)60-32)18(46)12(64-35)6-58-36-30(23(51)16(44)9(3-40)62-36)67-33-25(53)21(49)15(43)8(2-39)61-33/h7-36,38-56H,1-6,37H2/t7-,8-,9-,10-,11-,12-,13-,14+,15-,16-,17+,18-,19-,20+,21+,22+,23+,24-,25+,26-,27+,28-,29+,30+,31?,32+,33-,34-,35-,36+/m1/s1. The number of aliphatic hydroxyl groups is 19. The molecule has 6 aliphatic rings. The van der Waals surface area contributed by atoms with E-state index in [1.807, 2.05) is 0 Å². The topological polar surface area (TPSA) is 512 Å². The van der Waals surface area contributed by atoms with E-state index in [-0.39, 0.29) is 0 Å². The molecule has 6 heterocycles. The van der Waals surface area contributed by atoms with E-state index in [0.29, 0.717) is 0 Å². The molecule has 0 amide bonds. The fraction of sp³-hybridized carbons (Fsp3) is 1.00. The minimum atomic E-state index is -2.21. The van der Waals surface area contributed by atoms with E-state index in [9.17, 15) is 97.0 Å². The molecule has 0 aromatic rings. The Labute approximate surface area is 378 Å². The summed E-state index contributed by atoms with van der Waals surface area (Å²) in [5.74, 6) is 0. The molecule has 0 bridgehead atoms. The highest BCUT2D eigenvalue weighted by atomic mass is 16.8. The molecule has 0 saturated carbocycles. The summed E-state index contributed by atoms with van der Waals surface area (Å²) in [4.78, 5) is 0. The number of rotatable bonds is 16. The van der Waals surface area contributed by atoms with E-state index < -0.39 is 224 Å². The van der Waals surface area contributed by atoms with Crippen LogP contribution in [0.5, 0.6) is 0 Å². The molecule has 6 aliphatic heterocycles. The monoisotopic (exact) mass is 989 g/mol. The first-order valence-corrected chi connectivity index (χ1v) is 21.2. The van der Waals surface area contributed by atoms with Gasteiger partial charge in [-0.2, -0.15) is 0 Å². The van der Waals surface area contributed by atoms with Gasteiger partial charge in [-0.15, -0.1) is 0 Å². The van der Waals surface area contributed by atoms with Crippen LogP contribution in [0.25, 0.3) is 0 Å². The zero-order chi connectivity index (χ0) is 49.3. The minimum absolute atomic E-state index is 0.814. The van der Waals surface area contributed by atoms with Gasteiger partial charge in [0.1, 0.15) is 140 Å². The Kier molecular flexibility index (Phi) is 19.4. The van der Waals surface area contributed by atoms with Gasteiger partial charge in [0.25, 0.3) is 0 Å². The van der Waals surface area contributed by atoms with Gasteiger partial charge in [0.05, 0.1) is 45.7 Å². The number of hydrogen-bond acceptors (Lipinski definition) is 31. The predicted octanol–water partition coefficient (Wildman–Crippen LogP) is -14.1. The van der Waals surface area contributed by atoms with Crippen molar-refractivity contribution in [3.8, 4) is 0 Å². The Bertz CT molecular complexity index is 1510. The van der Waals surface area contributed by atoms with Gasteiger partial charge in [0.15, 0.2) is 37.7 Å². The van der Waals surface area contributed by atoms with Crippen LogP contribution >= 0.6 is 0 Å². The highest BCUT2D eigenvalue weighted by molar-refractivity contribution is 4.99. The third kappa shape index (κ3) is 11.5. The lowest BCUT2D eigenvalue weighted by atomic mass is 9.95. The van der Waals surface area contributed by atoms with Gasteiger partial charge in [-0.25, -0.2) is 0 Å². The molecule has 0 radical (unpaired) electrons. The molecule has 0 aliphatic carbocycles. The van der Waals surface area contributed by atoms with Crippen LogP contribution < -0.4 is 5.73 Å². The second-order valence-corrected chi connectivity index (χ2v) is 16.9. The Morgan fingerprint density at radius 1 is 0.299 bits per heavy atom. The smallest absolute Gasteiger partial charge is 0.187 e. The summed E-state index contributed by atoms with van der Waals surface area (Å²) in [6.07, 6.45) is -54.7. The summed E-state index contributed by atoms with van der Waals surface area (Å²) in [5, 5.41) is 200. The maximum atomic E-state index is 11.7. The van der Waals surface area contributed by atoms with Gasteiger partial charge < -0.3 is 155 Å². The molecule has 31 nitrogen and oxygen atoms in total. The molecule has 0 aromatic carbocycles. The third-order valence-corrected chi connectivity index (χ3v) is 12.5. The molecule has 6 saturated heterocycles. The number of hydrogen-bond donors (Lipinski definition) is 20. The van der Waals surface area contributed by atoms with Crippen molar-refractivity contribution in [1.29, 1.82) is 0 Å². The second kappa shape index (κ2) is 23.5. The Morgan fingerprint density at radius 3 is 1.16 bits per heavy atom. The molecule has 0 spiro atoms. The van der Waals surface area contributed by atoms with Gasteiger partial charge in [0.2, 0.25) is 0 Å². The first-order chi connectivity index (χ1) is 31.7. The Morgan fingerprint density at radius 2 is 0.657 bits per heavy atom. The molecule has 6 rings (SSSR count). The maximum Gasteiger partial charge on any atom is 0.187 e. The van der Waals surface area contributed by atoms with E-state index in [2.05, 4.69) is 0 Å². The van der Waals surface area contributed by atoms with Gasteiger partial charge in [-0.3, -0.25) is 0 Å². The van der Waals surface area contributed by atoms with Crippen LogP contribution in [-0.2, 0) is 52.1 Å². The van der Waals surface area contributed by atoms with E-state index >= 15 is 0 Å². The first-order valence-electron chi connectivity index (χ1n) is 21.2. The highest BCUT2D eigenvalue weighted by Gasteiger charge is 2.56. The lowest BCUT2D eigenvalue weighted by molar-refractivity contribution is -0.387. The molecule has 392 valence electrons.